The van der Waals surface area contributed by atoms with Gasteiger partial charge in [-0.15, -0.1) is 0 Å². The first-order chi connectivity index (χ1) is 8.63. The highest BCUT2D eigenvalue weighted by atomic mass is 16.5. The van der Waals surface area contributed by atoms with Gasteiger partial charge in [-0.1, -0.05) is 0 Å². The Morgan fingerprint density at radius 2 is 1.89 bits per heavy atom. The molecule has 0 aliphatic rings. The average molecular weight is 247 g/mol. The van der Waals surface area contributed by atoms with Gasteiger partial charge in [0.1, 0.15) is 5.92 Å². The lowest BCUT2D eigenvalue weighted by atomic mass is 10.0. The highest BCUT2D eigenvalue weighted by Crippen LogP contribution is 2.29. The summed E-state index contributed by atoms with van der Waals surface area (Å²) < 4.78 is 10.8. The Bertz CT molecular complexity index is 463. The standard InChI is InChI=1S/C14H17NO3/c1-4-17-12-7-6-11(8-13(12)18-5-2)14(16)10(3)9-15/h6-8,10H,4-5H2,1-3H3. The summed E-state index contributed by atoms with van der Waals surface area (Å²) in [6.45, 7) is 6.35. The van der Waals surface area contributed by atoms with Crippen LogP contribution in [0, 0.1) is 17.2 Å². The number of ketones is 1. The molecule has 4 nitrogen and oxygen atoms in total. The van der Waals surface area contributed by atoms with Gasteiger partial charge in [0.05, 0.1) is 19.3 Å². The number of nitriles is 1. The second kappa shape index (κ2) is 6.65. The summed E-state index contributed by atoms with van der Waals surface area (Å²) in [5, 5.41) is 8.75. The number of nitrogens with zero attached hydrogens (tertiary/aromatic N) is 1. The summed E-state index contributed by atoms with van der Waals surface area (Å²) in [6, 6.07) is 6.92. The van der Waals surface area contributed by atoms with Crippen LogP contribution in [0.25, 0.3) is 0 Å². The van der Waals surface area contributed by atoms with Gasteiger partial charge in [0.2, 0.25) is 0 Å². The zero-order chi connectivity index (χ0) is 13.5. The second-order valence-electron chi connectivity index (χ2n) is 3.74. The molecule has 0 aliphatic carbocycles. The van der Waals surface area contributed by atoms with Gasteiger partial charge >= 0.3 is 0 Å². The highest BCUT2D eigenvalue weighted by molar-refractivity contribution is 5.99. The number of hydrogen-bond acceptors (Lipinski definition) is 4. The highest BCUT2D eigenvalue weighted by Gasteiger charge is 2.16. The Morgan fingerprint density at radius 1 is 1.28 bits per heavy atom. The maximum atomic E-state index is 11.9. The van der Waals surface area contributed by atoms with Crippen molar-refractivity contribution in [3.05, 3.63) is 23.8 Å². The smallest absolute Gasteiger partial charge is 0.179 e. The van der Waals surface area contributed by atoms with Crippen LogP contribution in [0.2, 0.25) is 0 Å². The molecule has 0 saturated heterocycles. The summed E-state index contributed by atoms with van der Waals surface area (Å²) in [5.41, 5.74) is 0.468. The van der Waals surface area contributed by atoms with E-state index in [0.717, 1.165) is 0 Å². The molecule has 0 bridgehead atoms. The molecule has 1 aromatic carbocycles. The van der Waals surface area contributed by atoms with Crippen LogP contribution in [0.1, 0.15) is 31.1 Å². The van der Waals surface area contributed by atoms with Gasteiger partial charge in [0, 0.05) is 5.56 Å². The van der Waals surface area contributed by atoms with Gasteiger partial charge in [-0.3, -0.25) is 4.79 Å². The molecule has 4 heteroatoms. The summed E-state index contributed by atoms with van der Waals surface area (Å²) in [4.78, 5) is 11.9. The summed E-state index contributed by atoms with van der Waals surface area (Å²) >= 11 is 0. The maximum absolute atomic E-state index is 11.9. The molecule has 1 rings (SSSR count). The third-order valence-electron chi connectivity index (χ3n) is 2.41. The van der Waals surface area contributed by atoms with Gasteiger partial charge in [-0.2, -0.15) is 5.26 Å². The molecule has 0 saturated carbocycles. The molecule has 18 heavy (non-hydrogen) atoms. The first-order valence-corrected chi connectivity index (χ1v) is 5.97. The lowest BCUT2D eigenvalue weighted by Gasteiger charge is -2.12. The molecule has 0 spiro atoms. The first kappa shape index (κ1) is 14.0. The maximum Gasteiger partial charge on any atom is 0.179 e. The minimum Gasteiger partial charge on any atom is -0.490 e. The van der Waals surface area contributed by atoms with Crippen molar-refractivity contribution < 1.29 is 14.3 Å². The predicted molar refractivity (Wildman–Crippen MR) is 67.9 cm³/mol. The van der Waals surface area contributed by atoms with Crippen LogP contribution < -0.4 is 9.47 Å². The van der Waals surface area contributed by atoms with Crippen LogP contribution >= 0.6 is 0 Å². The van der Waals surface area contributed by atoms with Crippen LogP contribution in [-0.4, -0.2) is 19.0 Å². The topological polar surface area (TPSA) is 59.3 Å². The lowest BCUT2D eigenvalue weighted by molar-refractivity contribution is 0.0956. The van der Waals surface area contributed by atoms with Gasteiger partial charge in [0.25, 0.3) is 0 Å². The summed E-state index contributed by atoms with van der Waals surface area (Å²) in [7, 11) is 0. The third kappa shape index (κ3) is 3.24. The Morgan fingerprint density at radius 3 is 2.44 bits per heavy atom. The van der Waals surface area contributed by atoms with Gasteiger partial charge in [-0.05, 0) is 39.0 Å². The van der Waals surface area contributed by atoms with Gasteiger partial charge in [-0.25, -0.2) is 0 Å². The number of Topliss-reactive ketones (excluding diaryl/α,β-unsaturated/α-hetero) is 1. The Labute approximate surface area is 107 Å². The minimum absolute atomic E-state index is 0.207. The van der Waals surface area contributed by atoms with E-state index in [1.165, 1.54) is 0 Å². The largest absolute Gasteiger partial charge is 0.490 e. The Hall–Kier alpha value is -2.02. The van der Waals surface area contributed by atoms with Crippen molar-refractivity contribution in [1.82, 2.24) is 0 Å². The number of ether oxygens (including phenoxy) is 2. The molecular formula is C14H17NO3. The molecule has 0 N–H and O–H groups in total. The summed E-state index contributed by atoms with van der Waals surface area (Å²) in [5.74, 6) is 0.287. The van der Waals surface area contributed by atoms with Crippen molar-refractivity contribution in [2.75, 3.05) is 13.2 Å². The zero-order valence-electron chi connectivity index (χ0n) is 10.9. The van der Waals surface area contributed by atoms with E-state index in [1.54, 1.807) is 25.1 Å². The quantitative estimate of drug-likeness (QED) is 0.725. The van der Waals surface area contributed by atoms with E-state index in [-0.39, 0.29) is 5.78 Å². The van der Waals surface area contributed by atoms with Crippen molar-refractivity contribution in [1.29, 1.82) is 5.26 Å². The fourth-order valence-corrected chi connectivity index (χ4v) is 1.51. The second-order valence-corrected chi connectivity index (χ2v) is 3.74. The minimum atomic E-state index is -0.655. The van der Waals surface area contributed by atoms with Crippen molar-refractivity contribution >= 4 is 5.78 Å². The number of carbonyl (C=O) groups excluding carboxylic acids is 1. The fraction of sp³-hybridized carbons (Fsp3) is 0.429. The molecule has 0 radical (unpaired) electrons. The monoisotopic (exact) mass is 247 g/mol. The van der Waals surface area contributed by atoms with E-state index in [1.807, 2.05) is 19.9 Å². The molecule has 1 unspecified atom stereocenters. The molecule has 0 heterocycles. The van der Waals surface area contributed by atoms with Crippen LogP contribution in [-0.2, 0) is 0 Å². The molecule has 96 valence electrons. The molecule has 1 aromatic rings. The Balaban J connectivity index is 3.06. The first-order valence-electron chi connectivity index (χ1n) is 5.97. The van der Waals surface area contributed by atoms with E-state index in [0.29, 0.717) is 30.3 Å². The molecular weight excluding hydrogens is 230 g/mol. The lowest BCUT2D eigenvalue weighted by Crippen LogP contribution is -2.09. The van der Waals surface area contributed by atoms with E-state index < -0.39 is 5.92 Å². The normalized spacial score (nSPS) is 11.4. The number of hydrogen-bond donors (Lipinski definition) is 0. The van der Waals surface area contributed by atoms with Crippen molar-refractivity contribution in [2.45, 2.75) is 20.8 Å². The molecule has 0 aromatic heterocycles. The zero-order valence-corrected chi connectivity index (χ0v) is 10.9. The average Bonchev–Trinajstić information content (AvgIpc) is 2.39. The third-order valence-corrected chi connectivity index (χ3v) is 2.41. The van der Waals surface area contributed by atoms with Crippen LogP contribution in [0.4, 0.5) is 0 Å². The van der Waals surface area contributed by atoms with E-state index in [4.69, 9.17) is 14.7 Å². The molecule has 1 atom stereocenters. The van der Waals surface area contributed by atoms with Crippen molar-refractivity contribution in [2.24, 2.45) is 5.92 Å². The SMILES string of the molecule is CCOc1ccc(C(=O)C(C)C#N)cc1OCC. The molecule has 0 amide bonds. The van der Waals surface area contributed by atoms with Crippen molar-refractivity contribution in [3.8, 4) is 17.6 Å². The van der Waals surface area contributed by atoms with Crippen LogP contribution in [0.5, 0.6) is 11.5 Å². The Kier molecular flexibility index (Phi) is 5.19. The van der Waals surface area contributed by atoms with Crippen LogP contribution in [0.15, 0.2) is 18.2 Å². The number of carbonyl (C=O) groups is 1. The molecule has 0 aliphatic heterocycles. The van der Waals surface area contributed by atoms with Gasteiger partial charge in [0.15, 0.2) is 17.3 Å². The summed E-state index contributed by atoms with van der Waals surface area (Å²) in [6.07, 6.45) is 0. The predicted octanol–water partition coefficient (Wildman–Crippen LogP) is 2.83. The van der Waals surface area contributed by atoms with Crippen LogP contribution in [0.3, 0.4) is 0 Å². The van der Waals surface area contributed by atoms with E-state index >= 15 is 0 Å². The van der Waals surface area contributed by atoms with Crippen molar-refractivity contribution in [3.63, 3.8) is 0 Å². The number of benzene rings is 1. The van der Waals surface area contributed by atoms with Gasteiger partial charge < -0.3 is 9.47 Å². The van der Waals surface area contributed by atoms with E-state index in [9.17, 15) is 4.79 Å². The molecule has 0 fully saturated rings. The number of rotatable bonds is 6. The van der Waals surface area contributed by atoms with E-state index in [2.05, 4.69) is 0 Å². The fourth-order valence-electron chi connectivity index (χ4n) is 1.51.